The maximum absolute atomic E-state index is 12.4. The Kier molecular flexibility index (Phi) is 6.68. The Morgan fingerprint density at radius 1 is 1.14 bits per heavy atom. The Morgan fingerprint density at radius 3 is 2.19 bits per heavy atom. The minimum absolute atomic E-state index is 0.0833. The standard InChI is InChI=1S/C15H21F3N2O/c1-3-20(4-2)14(21)9-10-19-11-12-5-7-13(8-6-12)15(16,17)18/h5-8,19H,3-4,9-11H2,1-2H3. The normalized spacial score (nSPS) is 11.5. The molecule has 0 saturated heterocycles. The molecule has 0 aliphatic heterocycles. The largest absolute Gasteiger partial charge is 0.416 e. The van der Waals surface area contributed by atoms with E-state index in [1.165, 1.54) is 12.1 Å². The number of hydrogen-bond donors (Lipinski definition) is 1. The second kappa shape index (κ2) is 8.02. The van der Waals surface area contributed by atoms with Crippen molar-refractivity contribution < 1.29 is 18.0 Å². The molecule has 118 valence electrons. The van der Waals surface area contributed by atoms with Gasteiger partial charge in [-0.3, -0.25) is 4.79 Å². The molecule has 0 saturated carbocycles. The Morgan fingerprint density at radius 2 is 1.71 bits per heavy atom. The zero-order valence-corrected chi connectivity index (χ0v) is 12.3. The van der Waals surface area contributed by atoms with E-state index in [0.29, 0.717) is 32.6 Å². The lowest BCUT2D eigenvalue weighted by Gasteiger charge is -2.18. The predicted octanol–water partition coefficient (Wildman–Crippen LogP) is 3.05. The van der Waals surface area contributed by atoms with Crippen molar-refractivity contribution in [3.05, 3.63) is 35.4 Å². The summed E-state index contributed by atoms with van der Waals surface area (Å²) >= 11 is 0. The van der Waals surface area contributed by atoms with Crippen LogP contribution < -0.4 is 5.32 Å². The lowest BCUT2D eigenvalue weighted by atomic mass is 10.1. The molecule has 1 amide bonds. The van der Waals surface area contributed by atoms with Crippen molar-refractivity contribution in [2.24, 2.45) is 0 Å². The Bertz CT molecular complexity index is 439. The zero-order valence-electron chi connectivity index (χ0n) is 12.3. The second-order valence-electron chi connectivity index (χ2n) is 4.69. The van der Waals surface area contributed by atoms with E-state index >= 15 is 0 Å². The van der Waals surface area contributed by atoms with E-state index in [4.69, 9.17) is 0 Å². The molecule has 21 heavy (non-hydrogen) atoms. The summed E-state index contributed by atoms with van der Waals surface area (Å²) in [6, 6.07) is 5.03. The van der Waals surface area contributed by atoms with Gasteiger partial charge in [-0.25, -0.2) is 0 Å². The monoisotopic (exact) mass is 302 g/mol. The SMILES string of the molecule is CCN(CC)C(=O)CCNCc1ccc(C(F)(F)F)cc1. The van der Waals surface area contributed by atoms with E-state index in [1.807, 2.05) is 13.8 Å². The zero-order chi connectivity index (χ0) is 15.9. The van der Waals surface area contributed by atoms with Gasteiger partial charge in [0.2, 0.25) is 5.91 Å². The third-order valence-electron chi connectivity index (χ3n) is 3.24. The molecule has 3 nitrogen and oxygen atoms in total. The molecule has 0 bridgehead atoms. The van der Waals surface area contributed by atoms with Crippen LogP contribution in [0.5, 0.6) is 0 Å². The van der Waals surface area contributed by atoms with Crippen molar-refractivity contribution in [1.82, 2.24) is 10.2 Å². The predicted molar refractivity (Wildman–Crippen MR) is 75.7 cm³/mol. The minimum Gasteiger partial charge on any atom is -0.343 e. The lowest BCUT2D eigenvalue weighted by Crippen LogP contribution is -2.32. The van der Waals surface area contributed by atoms with Crippen molar-refractivity contribution in [2.45, 2.75) is 33.0 Å². The van der Waals surface area contributed by atoms with Gasteiger partial charge in [0.25, 0.3) is 0 Å². The molecule has 1 rings (SSSR count). The summed E-state index contributed by atoms with van der Waals surface area (Å²) < 4.78 is 37.2. The summed E-state index contributed by atoms with van der Waals surface area (Å²) in [5.41, 5.74) is 0.112. The molecule has 0 aromatic heterocycles. The van der Waals surface area contributed by atoms with Crippen molar-refractivity contribution >= 4 is 5.91 Å². The van der Waals surface area contributed by atoms with Crippen molar-refractivity contribution in [3.63, 3.8) is 0 Å². The average Bonchev–Trinajstić information content (AvgIpc) is 2.44. The first-order valence-electron chi connectivity index (χ1n) is 7.03. The number of hydrogen-bond acceptors (Lipinski definition) is 2. The van der Waals surface area contributed by atoms with Gasteiger partial charge in [-0.2, -0.15) is 13.2 Å². The molecule has 0 aliphatic carbocycles. The van der Waals surface area contributed by atoms with Gasteiger partial charge in [-0.05, 0) is 31.5 Å². The average molecular weight is 302 g/mol. The lowest BCUT2D eigenvalue weighted by molar-refractivity contribution is -0.137. The molecule has 0 radical (unpaired) electrons. The van der Waals surface area contributed by atoms with Crippen LogP contribution >= 0.6 is 0 Å². The molecule has 6 heteroatoms. The van der Waals surface area contributed by atoms with Gasteiger partial charge < -0.3 is 10.2 Å². The number of carbonyl (C=O) groups excluding carboxylic acids is 1. The van der Waals surface area contributed by atoms with Crippen LogP contribution in [0.4, 0.5) is 13.2 Å². The highest BCUT2D eigenvalue weighted by atomic mass is 19.4. The molecule has 1 N–H and O–H groups in total. The molecule has 0 fully saturated rings. The van der Waals surface area contributed by atoms with E-state index in [0.717, 1.165) is 17.7 Å². The number of benzene rings is 1. The van der Waals surface area contributed by atoms with Gasteiger partial charge in [-0.1, -0.05) is 12.1 Å². The van der Waals surface area contributed by atoms with Crippen molar-refractivity contribution in [1.29, 1.82) is 0 Å². The Hall–Kier alpha value is -1.56. The first-order chi connectivity index (χ1) is 9.88. The fraction of sp³-hybridized carbons (Fsp3) is 0.533. The molecule has 0 atom stereocenters. The molecule has 0 aliphatic rings. The Labute approximate surface area is 123 Å². The third kappa shape index (κ3) is 5.75. The maximum atomic E-state index is 12.4. The third-order valence-corrected chi connectivity index (χ3v) is 3.24. The van der Waals surface area contributed by atoms with Gasteiger partial charge in [0.05, 0.1) is 5.56 Å². The van der Waals surface area contributed by atoms with E-state index in [9.17, 15) is 18.0 Å². The van der Waals surface area contributed by atoms with Gasteiger partial charge in [0, 0.05) is 32.6 Å². The minimum atomic E-state index is -4.30. The van der Waals surface area contributed by atoms with Crippen molar-refractivity contribution in [3.8, 4) is 0 Å². The van der Waals surface area contributed by atoms with Crippen LogP contribution in [0.1, 0.15) is 31.4 Å². The van der Waals surface area contributed by atoms with Crippen LogP contribution in [0, 0.1) is 0 Å². The number of nitrogens with zero attached hydrogens (tertiary/aromatic N) is 1. The van der Waals surface area contributed by atoms with Crippen LogP contribution in [0.25, 0.3) is 0 Å². The van der Waals surface area contributed by atoms with Gasteiger partial charge in [0.15, 0.2) is 0 Å². The number of rotatable bonds is 7. The molecule has 0 spiro atoms. The summed E-state index contributed by atoms with van der Waals surface area (Å²) in [7, 11) is 0. The molecular formula is C15H21F3N2O. The maximum Gasteiger partial charge on any atom is 0.416 e. The first-order valence-corrected chi connectivity index (χ1v) is 7.03. The number of nitrogens with one attached hydrogen (secondary N) is 1. The van der Waals surface area contributed by atoms with Crippen LogP contribution in [0.15, 0.2) is 24.3 Å². The summed E-state index contributed by atoms with van der Waals surface area (Å²) in [6.07, 6.45) is -3.91. The summed E-state index contributed by atoms with van der Waals surface area (Å²) in [5.74, 6) is 0.0833. The van der Waals surface area contributed by atoms with E-state index < -0.39 is 11.7 Å². The summed E-state index contributed by atoms with van der Waals surface area (Å²) in [5, 5.41) is 3.07. The van der Waals surface area contributed by atoms with Crippen LogP contribution in [0.2, 0.25) is 0 Å². The van der Waals surface area contributed by atoms with Crippen LogP contribution in [-0.4, -0.2) is 30.4 Å². The molecule has 1 aromatic carbocycles. The van der Waals surface area contributed by atoms with E-state index in [-0.39, 0.29) is 5.91 Å². The van der Waals surface area contributed by atoms with E-state index in [1.54, 1.807) is 4.90 Å². The number of carbonyl (C=O) groups is 1. The molecule has 0 heterocycles. The first kappa shape index (κ1) is 17.5. The number of halogens is 3. The number of alkyl halides is 3. The van der Waals surface area contributed by atoms with Crippen molar-refractivity contribution in [2.75, 3.05) is 19.6 Å². The topological polar surface area (TPSA) is 32.3 Å². The number of amides is 1. The highest BCUT2D eigenvalue weighted by Crippen LogP contribution is 2.28. The molecule has 1 aromatic rings. The Balaban J connectivity index is 2.35. The van der Waals surface area contributed by atoms with Gasteiger partial charge in [-0.15, -0.1) is 0 Å². The van der Waals surface area contributed by atoms with Crippen LogP contribution in [-0.2, 0) is 17.5 Å². The molecule has 0 unspecified atom stereocenters. The van der Waals surface area contributed by atoms with Gasteiger partial charge in [0.1, 0.15) is 0 Å². The quantitative estimate of drug-likeness (QED) is 0.785. The highest BCUT2D eigenvalue weighted by Gasteiger charge is 2.29. The smallest absolute Gasteiger partial charge is 0.343 e. The second-order valence-corrected chi connectivity index (χ2v) is 4.69. The highest BCUT2D eigenvalue weighted by molar-refractivity contribution is 5.76. The summed E-state index contributed by atoms with van der Waals surface area (Å²) in [4.78, 5) is 13.5. The molecular weight excluding hydrogens is 281 g/mol. The fourth-order valence-electron chi connectivity index (χ4n) is 1.97. The summed E-state index contributed by atoms with van der Waals surface area (Å²) in [6.45, 7) is 6.19. The fourth-order valence-corrected chi connectivity index (χ4v) is 1.97. The van der Waals surface area contributed by atoms with E-state index in [2.05, 4.69) is 5.32 Å². The van der Waals surface area contributed by atoms with Gasteiger partial charge >= 0.3 is 6.18 Å². The van der Waals surface area contributed by atoms with Crippen LogP contribution in [0.3, 0.4) is 0 Å².